The van der Waals surface area contributed by atoms with Gasteiger partial charge in [0.2, 0.25) is 0 Å². The monoisotopic (exact) mass is 399 g/mol. The van der Waals surface area contributed by atoms with Gasteiger partial charge < -0.3 is 14.5 Å². The molecule has 0 saturated carbocycles. The number of hydrogen-bond donors (Lipinski definition) is 1. The van der Waals surface area contributed by atoms with Crippen LogP contribution in [0.4, 0.5) is 4.79 Å². The number of rotatable bonds is 4. The number of nitrogens with one attached hydrogen (secondary N) is 1. The molecule has 2 bridgehead atoms. The van der Waals surface area contributed by atoms with E-state index < -0.39 is 0 Å². The number of H-pyrrole nitrogens is 1. The molecule has 5 heterocycles. The fourth-order valence-corrected chi connectivity index (χ4v) is 5.81. The van der Waals surface area contributed by atoms with E-state index in [1.165, 1.54) is 0 Å². The molecule has 8 heteroatoms. The van der Waals surface area contributed by atoms with Crippen LogP contribution >= 0.6 is 0 Å². The number of nitrogens with zero attached hydrogens (tertiary/aromatic N) is 4. The zero-order valence-corrected chi connectivity index (χ0v) is 16.9. The minimum Gasteiger partial charge on any atom is -0.450 e. The summed E-state index contributed by atoms with van der Waals surface area (Å²) in [5.74, 6) is 0.610. The highest BCUT2D eigenvalue weighted by Gasteiger charge is 2.44. The molecule has 3 saturated heterocycles. The first-order chi connectivity index (χ1) is 14.1. The first kappa shape index (κ1) is 18.7. The van der Waals surface area contributed by atoms with Crippen LogP contribution in [0.2, 0.25) is 0 Å². The van der Waals surface area contributed by atoms with Crippen molar-refractivity contribution in [2.45, 2.75) is 57.2 Å². The van der Waals surface area contributed by atoms with Crippen LogP contribution in [0.1, 0.15) is 45.1 Å². The van der Waals surface area contributed by atoms with Crippen LogP contribution in [0.25, 0.3) is 11.2 Å². The minimum atomic E-state index is -0.132. The second kappa shape index (κ2) is 7.48. The summed E-state index contributed by atoms with van der Waals surface area (Å²) in [4.78, 5) is 36.4. The molecule has 1 unspecified atom stereocenters. The third-order valence-electron chi connectivity index (χ3n) is 6.93. The van der Waals surface area contributed by atoms with Crippen molar-refractivity contribution < 1.29 is 9.53 Å². The first-order valence-corrected chi connectivity index (χ1v) is 10.9. The first-order valence-electron chi connectivity index (χ1n) is 10.9. The molecule has 2 aromatic rings. The summed E-state index contributed by atoms with van der Waals surface area (Å²) in [6, 6.07) is 4.70. The zero-order chi connectivity index (χ0) is 20.0. The van der Waals surface area contributed by atoms with E-state index in [4.69, 9.17) is 4.74 Å². The van der Waals surface area contributed by atoms with E-state index in [0.29, 0.717) is 30.3 Å². The van der Waals surface area contributed by atoms with Crippen LogP contribution < -0.4 is 5.69 Å². The smallest absolute Gasteiger partial charge is 0.410 e. The number of hydrogen-bond acceptors (Lipinski definition) is 5. The molecule has 0 spiro atoms. The number of carbonyl (C=O) groups is 1. The van der Waals surface area contributed by atoms with Gasteiger partial charge in [-0.1, -0.05) is 0 Å². The molecule has 156 valence electrons. The molecule has 0 aliphatic carbocycles. The highest BCUT2D eigenvalue weighted by Crippen LogP contribution is 2.40. The molecule has 3 fully saturated rings. The summed E-state index contributed by atoms with van der Waals surface area (Å²) in [7, 11) is 0. The van der Waals surface area contributed by atoms with Crippen LogP contribution in [0, 0.1) is 5.92 Å². The topological polar surface area (TPSA) is 83.5 Å². The van der Waals surface area contributed by atoms with Crippen LogP contribution in [0.5, 0.6) is 0 Å². The maximum atomic E-state index is 12.5. The third kappa shape index (κ3) is 3.33. The standard InChI is InChI=1S/C21H29N5O3/c1-2-29-21(28)25-15-5-6-16(25)11-14(10-15)12-24-9-7-17(13-24)26-18-4-3-8-22-19(18)23-20(26)27/h3-4,8,14-17H,2,5-7,9-13H2,1H3,(H,22,23,27)/t14?,15-,16+,17-/m0/s1. The Labute approximate surface area is 169 Å². The Bertz CT molecular complexity index is 939. The molecule has 3 aliphatic heterocycles. The molecule has 1 N–H and O–H groups in total. The number of likely N-dealkylation sites (tertiary alicyclic amines) is 1. The molecule has 4 atom stereocenters. The van der Waals surface area contributed by atoms with Crippen molar-refractivity contribution in [1.82, 2.24) is 24.3 Å². The molecule has 3 aliphatic rings. The zero-order valence-electron chi connectivity index (χ0n) is 16.9. The number of amides is 1. The third-order valence-corrected chi connectivity index (χ3v) is 6.93. The summed E-state index contributed by atoms with van der Waals surface area (Å²) in [6.45, 7) is 5.27. The summed E-state index contributed by atoms with van der Waals surface area (Å²) in [6.07, 6.45) is 6.88. The quantitative estimate of drug-likeness (QED) is 0.853. The van der Waals surface area contributed by atoms with Gasteiger partial charge >= 0.3 is 11.8 Å². The number of piperidine rings is 1. The molecular weight excluding hydrogens is 370 g/mol. The highest BCUT2D eigenvalue weighted by molar-refractivity contribution is 5.70. The van der Waals surface area contributed by atoms with Crippen LogP contribution in [0.3, 0.4) is 0 Å². The lowest BCUT2D eigenvalue weighted by atomic mass is 9.90. The number of fused-ring (bicyclic) bond motifs is 3. The van der Waals surface area contributed by atoms with Gasteiger partial charge in [-0.05, 0) is 57.1 Å². The van der Waals surface area contributed by atoms with Gasteiger partial charge in [-0.15, -0.1) is 0 Å². The molecule has 8 nitrogen and oxygen atoms in total. The number of aromatic nitrogens is 3. The van der Waals surface area contributed by atoms with Crippen molar-refractivity contribution >= 4 is 17.3 Å². The Morgan fingerprint density at radius 1 is 1.24 bits per heavy atom. The van der Waals surface area contributed by atoms with E-state index in [1.807, 2.05) is 28.5 Å². The average Bonchev–Trinajstić information content (AvgIpc) is 3.35. The van der Waals surface area contributed by atoms with Gasteiger partial charge in [0.1, 0.15) is 0 Å². The Morgan fingerprint density at radius 3 is 2.79 bits per heavy atom. The van der Waals surface area contributed by atoms with Crippen LogP contribution in [-0.2, 0) is 4.74 Å². The van der Waals surface area contributed by atoms with E-state index in [2.05, 4.69) is 14.9 Å². The van der Waals surface area contributed by atoms with Crippen molar-refractivity contribution in [3.05, 3.63) is 28.8 Å². The van der Waals surface area contributed by atoms with E-state index in [-0.39, 0.29) is 17.8 Å². The minimum absolute atomic E-state index is 0.0636. The fourth-order valence-electron chi connectivity index (χ4n) is 5.81. The summed E-state index contributed by atoms with van der Waals surface area (Å²) >= 11 is 0. The summed E-state index contributed by atoms with van der Waals surface area (Å²) in [5.41, 5.74) is 1.50. The van der Waals surface area contributed by atoms with Gasteiger partial charge in [0, 0.05) is 37.9 Å². The van der Waals surface area contributed by atoms with Crippen LogP contribution in [-0.4, -0.2) is 68.8 Å². The average molecular weight is 399 g/mol. The van der Waals surface area contributed by atoms with Gasteiger partial charge in [-0.25, -0.2) is 14.6 Å². The van der Waals surface area contributed by atoms with E-state index in [9.17, 15) is 9.59 Å². The summed E-state index contributed by atoms with van der Waals surface area (Å²) < 4.78 is 7.15. The predicted octanol–water partition coefficient (Wildman–Crippen LogP) is 2.37. The van der Waals surface area contributed by atoms with Gasteiger partial charge in [0.05, 0.1) is 18.2 Å². The molecule has 0 radical (unpaired) electrons. The lowest BCUT2D eigenvalue weighted by molar-refractivity contribution is 0.0546. The highest BCUT2D eigenvalue weighted by atomic mass is 16.6. The van der Waals surface area contributed by atoms with Gasteiger partial charge in [0.25, 0.3) is 0 Å². The van der Waals surface area contributed by atoms with E-state index in [1.54, 1.807) is 6.20 Å². The van der Waals surface area contributed by atoms with Gasteiger partial charge in [0.15, 0.2) is 5.65 Å². The fraction of sp³-hybridized carbons (Fsp3) is 0.667. The molecule has 1 amide bonds. The lowest BCUT2D eigenvalue weighted by Crippen LogP contribution is -2.48. The normalized spacial score (nSPS) is 29.6. The van der Waals surface area contributed by atoms with Crippen molar-refractivity contribution in [1.29, 1.82) is 0 Å². The molecule has 0 aromatic carbocycles. The largest absolute Gasteiger partial charge is 0.450 e. The van der Waals surface area contributed by atoms with E-state index >= 15 is 0 Å². The Morgan fingerprint density at radius 2 is 2.03 bits per heavy atom. The Hall–Kier alpha value is -2.35. The van der Waals surface area contributed by atoms with Crippen molar-refractivity contribution in [2.24, 2.45) is 5.92 Å². The van der Waals surface area contributed by atoms with Gasteiger partial charge in [-0.3, -0.25) is 9.55 Å². The van der Waals surface area contributed by atoms with E-state index in [0.717, 1.165) is 57.3 Å². The number of pyridine rings is 1. The summed E-state index contributed by atoms with van der Waals surface area (Å²) in [5, 5.41) is 0. The number of carbonyl (C=O) groups excluding carboxylic acids is 1. The molecular formula is C21H29N5O3. The Balaban J connectivity index is 1.23. The second-order valence-corrected chi connectivity index (χ2v) is 8.70. The maximum absolute atomic E-state index is 12.5. The van der Waals surface area contributed by atoms with Gasteiger partial charge in [-0.2, -0.15) is 0 Å². The molecule has 2 aromatic heterocycles. The number of imidazole rings is 1. The van der Waals surface area contributed by atoms with Crippen molar-refractivity contribution in [2.75, 3.05) is 26.2 Å². The predicted molar refractivity (Wildman–Crippen MR) is 109 cm³/mol. The SMILES string of the molecule is CCOC(=O)N1[C@@H]2CC[C@H]1CC(CN1CC[C@H](n3c(=O)[nH]c4ncccc43)C1)C2. The molecule has 5 rings (SSSR count). The van der Waals surface area contributed by atoms with Crippen molar-refractivity contribution in [3.8, 4) is 0 Å². The lowest BCUT2D eigenvalue weighted by Gasteiger charge is -2.39. The Kier molecular flexibility index (Phi) is 4.81. The van der Waals surface area contributed by atoms with Crippen LogP contribution in [0.15, 0.2) is 23.1 Å². The molecule has 29 heavy (non-hydrogen) atoms. The number of aromatic amines is 1. The number of ether oxygens (including phenoxy) is 1. The van der Waals surface area contributed by atoms with Crippen molar-refractivity contribution in [3.63, 3.8) is 0 Å². The maximum Gasteiger partial charge on any atom is 0.410 e. The second-order valence-electron chi connectivity index (χ2n) is 8.70.